The molecule has 2 fully saturated rings. The summed E-state index contributed by atoms with van der Waals surface area (Å²) in [5, 5.41) is 15.0. The fraction of sp³-hybridized carbons (Fsp3) is 0.900. The van der Waals surface area contributed by atoms with Crippen LogP contribution in [-0.2, 0) is 21.9 Å². The first-order valence-electron chi connectivity index (χ1n) is 6.20. The molecule has 1 saturated carbocycles. The number of hydrogen-bond acceptors (Lipinski definition) is 6. The van der Waals surface area contributed by atoms with Crippen LogP contribution in [0.25, 0.3) is 0 Å². The third-order valence-corrected chi connectivity index (χ3v) is 5.54. The van der Waals surface area contributed by atoms with Crippen LogP contribution in [0.1, 0.15) is 32.0 Å². The summed E-state index contributed by atoms with van der Waals surface area (Å²) in [5.74, 6) is 1.07. The molecule has 1 aromatic rings. The van der Waals surface area contributed by atoms with Crippen molar-refractivity contribution in [3.63, 3.8) is 0 Å². The van der Waals surface area contributed by atoms with Gasteiger partial charge in [-0.3, -0.25) is 0 Å². The lowest BCUT2D eigenvalue weighted by Gasteiger charge is -2.23. The summed E-state index contributed by atoms with van der Waals surface area (Å²) in [6.45, 7) is 2.52. The van der Waals surface area contributed by atoms with Crippen molar-refractivity contribution in [2.45, 2.75) is 44.3 Å². The molecule has 3 rings (SSSR count). The second kappa shape index (κ2) is 3.99. The lowest BCUT2D eigenvalue weighted by atomic mass is 10.0. The largest absolute Gasteiger partial charge is 0.307 e. The topological polar surface area (TPSA) is 89.8 Å². The molecule has 1 aromatic heterocycles. The van der Waals surface area contributed by atoms with Gasteiger partial charge in [-0.05, 0) is 36.6 Å². The predicted molar refractivity (Wildman–Crippen MR) is 64.6 cm³/mol. The van der Waals surface area contributed by atoms with Crippen LogP contribution in [0, 0.1) is 0 Å². The predicted octanol–water partition coefficient (Wildman–Crippen LogP) is -0.541. The van der Waals surface area contributed by atoms with Gasteiger partial charge in [0.05, 0.1) is 23.6 Å². The van der Waals surface area contributed by atoms with Crippen molar-refractivity contribution in [1.29, 1.82) is 0 Å². The lowest BCUT2D eigenvalue weighted by molar-refractivity contribution is 0.307. The smallest absolute Gasteiger partial charge is 0.165 e. The Kier molecular flexibility index (Phi) is 2.67. The number of tetrazole rings is 1. The number of hydrogen-bond donors (Lipinski definition) is 1. The van der Waals surface area contributed by atoms with E-state index in [-0.39, 0.29) is 11.5 Å². The van der Waals surface area contributed by atoms with Gasteiger partial charge in [0, 0.05) is 6.04 Å². The van der Waals surface area contributed by atoms with E-state index < -0.39 is 15.4 Å². The minimum Gasteiger partial charge on any atom is -0.307 e. The van der Waals surface area contributed by atoms with E-state index in [1.54, 1.807) is 4.68 Å². The van der Waals surface area contributed by atoms with Crippen molar-refractivity contribution in [2.75, 3.05) is 11.5 Å². The van der Waals surface area contributed by atoms with Crippen molar-refractivity contribution in [3.8, 4) is 0 Å². The highest BCUT2D eigenvalue weighted by Gasteiger charge is 2.42. The third-order valence-electron chi connectivity index (χ3n) is 3.65. The van der Waals surface area contributed by atoms with Crippen molar-refractivity contribution in [1.82, 2.24) is 25.5 Å². The minimum atomic E-state index is -2.95. The van der Waals surface area contributed by atoms with Crippen LogP contribution in [0.4, 0.5) is 0 Å². The quantitative estimate of drug-likeness (QED) is 0.791. The molecule has 0 radical (unpaired) electrons. The summed E-state index contributed by atoms with van der Waals surface area (Å²) in [5.41, 5.74) is -0.497. The van der Waals surface area contributed by atoms with Gasteiger partial charge >= 0.3 is 0 Å². The van der Waals surface area contributed by atoms with Crippen molar-refractivity contribution in [3.05, 3.63) is 5.82 Å². The normalized spacial score (nSPS) is 30.7. The number of rotatable bonds is 4. The summed E-state index contributed by atoms with van der Waals surface area (Å²) in [7, 11) is -2.95. The second-order valence-electron chi connectivity index (χ2n) is 5.50. The van der Waals surface area contributed by atoms with Crippen molar-refractivity contribution < 1.29 is 8.42 Å². The molecule has 1 saturated heterocycles. The van der Waals surface area contributed by atoms with Gasteiger partial charge in [0.25, 0.3) is 0 Å². The number of sulfone groups is 1. The van der Waals surface area contributed by atoms with Crippen LogP contribution in [0.5, 0.6) is 0 Å². The average Bonchev–Trinajstić information content (AvgIpc) is 2.91. The Morgan fingerprint density at radius 1 is 1.50 bits per heavy atom. The van der Waals surface area contributed by atoms with Crippen LogP contribution in [0.2, 0.25) is 0 Å². The Hall–Kier alpha value is -1.02. The Balaban J connectivity index is 1.80. The zero-order valence-corrected chi connectivity index (χ0v) is 11.2. The maximum absolute atomic E-state index is 11.6. The minimum absolute atomic E-state index is 0.126. The highest BCUT2D eigenvalue weighted by molar-refractivity contribution is 7.91. The van der Waals surface area contributed by atoms with E-state index in [4.69, 9.17) is 0 Å². The van der Waals surface area contributed by atoms with E-state index in [0.717, 1.165) is 5.82 Å². The molecular formula is C10H17N5O2S. The van der Waals surface area contributed by atoms with E-state index >= 15 is 0 Å². The molecular weight excluding hydrogens is 254 g/mol. The summed E-state index contributed by atoms with van der Waals surface area (Å²) in [6, 6.07) is 0.579. The molecule has 1 aliphatic carbocycles. The molecule has 100 valence electrons. The molecule has 0 spiro atoms. The SMILES string of the molecule is CC1(n2nnnc2CNC2CC2)CCS(=O)(=O)C1. The molecule has 0 amide bonds. The van der Waals surface area contributed by atoms with Gasteiger partial charge in [-0.25, -0.2) is 13.1 Å². The van der Waals surface area contributed by atoms with Gasteiger partial charge in [-0.15, -0.1) is 5.10 Å². The fourth-order valence-corrected chi connectivity index (χ4v) is 4.53. The first-order valence-corrected chi connectivity index (χ1v) is 8.02. The summed E-state index contributed by atoms with van der Waals surface area (Å²) in [4.78, 5) is 0. The number of nitrogens with zero attached hydrogens (tertiary/aromatic N) is 4. The number of aromatic nitrogens is 4. The van der Waals surface area contributed by atoms with Crippen molar-refractivity contribution >= 4 is 9.84 Å². The molecule has 2 aliphatic rings. The highest BCUT2D eigenvalue weighted by atomic mass is 32.2. The molecule has 18 heavy (non-hydrogen) atoms. The van der Waals surface area contributed by atoms with E-state index in [2.05, 4.69) is 20.8 Å². The van der Waals surface area contributed by atoms with E-state index in [1.807, 2.05) is 6.92 Å². The Bertz CT molecular complexity index is 550. The Labute approximate surface area is 106 Å². The standard InChI is InChI=1S/C10H17N5O2S/c1-10(4-5-18(16,17)7-10)15-9(12-13-14-15)6-11-8-2-3-8/h8,11H,2-7H2,1H3. The molecule has 7 nitrogen and oxygen atoms in total. The van der Waals surface area contributed by atoms with Crippen LogP contribution >= 0.6 is 0 Å². The maximum atomic E-state index is 11.6. The molecule has 1 aliphatic heterocycles. The van der Waals surface area contributed by atoms with E-state index in [1.165, 1.54) is 12.8 Å². The third kappa shape index (κ3) is 2.26. The summed E-state index contributed by atoms with van der Waals surface area (Å²) < 4.78 is 24.9. The lowest BCUT2D eigenvalue weighted by Crippen LogP contribution is -2.35. The molecule has 1 unspecified atom stereocenters. The van der Waals surface area contributed by atoms with E-state index in [0.29, 0.717) is 19.0 Å². The molecule has 0 aromatic carbocycles. The van der Waals surface area contributed by atoms with Gasteiger partial charge in [-0.1, -0.05) is 0 Å². The zero-order valence-electron chi connectivity index (χ0n) is 10.3. The highest BCUT2D eigenvalue weighted by Crippen LogP contribution is 2.30. The van der Waals surface area contributed by atoms with Crippen LogP contribution in [0.15, 0.2) is 0 Å². The Morgan fingerprint density at radius 3 is 2.89 bits per heavy atom. The van der Waals surface area contributed by atoms with Crippen LogP contribution < -0.4 is 5.32 Å². The van der Waals surface area contributed by atoms with Gasteiger partial charge in [0.2, 0.25) is 0 Å². The van der Waals surface area contributed by atoms with Gasteiger partial charge in [-0.2, -0.15) is 0 Å². The molecule has 1 atom stereocenters. The molecule has 0 bridgehead atoms. The molecule has 1 N–H and O–H groups in total. The molecule has 2 heterocycles. The first kappa shape index (κ1) is 12.0. The Morgan fingerprint density at radius 2 is 2.28 bits per heavy atom. The first-order chi connectivity index (χ1) is 8.49. The van der Waals surface area contributed by atoms with Crippen LogP contribution in [-0.4, -0.2) is 46.2 Å². The fourth-order valence-electron chi connectivity index (χ4n) is 2.42. The number of nitrogens with one attached hydrogen (secondary N) is 1. The zero-order chi connectivity index (χ0) is 12.8. The van der Waals surface area contributed by atoms with Crippen LogP contribution in [0.3, 0.4) is 0 Å². The monoisotopic (exact) mass is 271 g/mol. The van der Waals surface area contributed by atoms with Crippen molar-refractivity contribution in [2.24, 2.45) is 0 Å². The summed E-state index contributed by atoms with van der Waals surface area (Å²) in [6.07, 6.45) is 2.98. The maximum Gasteiger partial charge on any atom is 0.165 e. The van der Waals surface area contributed by atoms with Gasteiger partial charge in [0.15, 0.2) is 15.7 Å². The van der Waals surface area contributed by atoms with E-state index in [9.17, 15) is 8.42 Å². The second-order valence-corrected chi connectivity index (χ2v) is 7.69. The van der Waals surface area contributed by atoms with Gasteiger partial charge < -0.3 is 5.32 Å². The average molecular weight is 271 g/mol. The summed E-state index contributed by atoms with van der Waals surface area (Å²) >= 11 is 0. The van der Waals surface area contributed by atoms with Gasteiger partial charge in [0.1, 0.15) is 0 Å². The molecule has 8 heteroatoms.